The van der Waals surface area contributed by atoms with Crippen LogP contribution in [0.1, 0.15) is 12.5 Å². The van der Waals surface area contributed by atoms with Gasteiger partial charge in [0.2, 0.25) is 5.90 Å². The zero-order valence-corrected chi connectivity index (χ0v) is 8.75. The fourth-order valence-electron chi connectivity index (χ4n) is 1.08. The molecular weight excluding hydrogens is 195 g/mol. The quantitative estimate of drug-likeness (QED) is 0.351. The number of nitrogens with two attached hydrogens (primary N) is 1. The lowest BCUT2D eigenvalue weighted by molar-refractivity contribution is 0.420. The van der Waals surface area contributed by atoms with Crippen molar-refractivity contribution in [3.8, 4) is 0 Å². The first kappa shape index (κ1) is 11.2. The lowest BCUT2D eigenvalue weighted by atomic mass is 10.2. The predicted molar refractivity (Wildman–Crippen MR) is 59.2 cm³/mol. The average Bonchev–Trinajstić information content (AvgIpc) is 2.18. The molecule has 0 radical (unpaired) electrons. The molecule has 0 aliphatic heterocycles. The monoisotopic (exact) mass is 208 g/mol. The van der Waals surface area contributed by atoms with Gasteiger partial charge in [0.05, 0.1) is 11.4 Å². The summed E-state index contributed by atoms with van der Waals surface area (Å²) in [5.74, 6) is 0.428. The molecule has 0 unspecified atom stereocenters. The third kappa shape index (κ3) is 2.80. The van der Waals surface area contributed by atoms with E-state index in [1.807, 2.05) is 0 Å². The largest absolute Gasteiger partial charge is 0.444 e. The van der Waals surface area contributed by atoms with Crippen LogP contribution in [-0.2, 0) is 4.74 Å². The Bertz CT molecular complexity index is 413. The van der Waals surface area contributed by atoms with Crippen molar-refractivity contribution in [2.24, 2.45) is 4.99 Å². The van der Waals surface area contributed by atoms with Crippen LogP contribution >= 0.6 is 0 Å². The van der Waals surface area contributed by atoms with Gasteiger partial charge in [-0.25, -0.2) is 4.39 Å². The second-order valence-electron chi connectivity index (χ2n) is 3.07. The van der Waals surface area contributed by atoms with E-state index >= 15 is 0 Å². The molecule has 1 rings (SSSR count). The summed E-state index contributed by atoms with van der Waals surface area (Å²) in [5.41, 5.74) is 6.13. The molecule has 0 bridgehead atoms. The molecule has 1 aromatic carbocycles. The van der Waals surface area contributed by atoms with Gasteiger partial charge in [-0.2, -0.15) is 0 Å². The summed E-state index contributed by atoms with van der Waals surface area (Å²) >= 11 is 0. The highest BCUT2D eigenvalue weighted by atomic mass is 19.1. The van der Waals surface area contributed by atoms with Gasteiger partial charge in [-0.1, -0.05) is 6.58 Å². The summed E-state index contributed by atoms with van der Waals surface area (Å²) in [4.78, 5) is 3.92. The molecule has 0 aromatic heterocycles. The normalized spacial score (nSPS) is 11.3. The molecule has 0 saturated heterocycles. The molecule has 0 fully saturated rings. The van der Waals surface area contributed by atoms with E-state index in [2.05, 4.69) is 11.6 Å². The summed E-state index contributed by atoms with van der Waals surface area (Å²) in [5, 5.41) is 0. The molecule has 0 saturated carbocycles. The van der Waals surface area contributed by atoms with E-state index < -0.39 is 5.82 Å². The highest BCUT2D eigenvalue weighted by Gasteiger charge is 2.07. The van der Waals surface area contributed by atoms with Gasteiger partial charge in [-0.05, 0) is 25.1 Å². The number of hydrogen-bond acceptors (Lipinski definition) is 3. The summed E-state index contributed by atoms with van der Waals surface area (Å²) in [6, 6.07) is 4.30. The van der Waals surface area contributed by atoms with Gasteiger partial charge >= 0.3 is 0 Å². The standard InChI is InChI=1S/C11H13FN2O/c1-7(2)15-11(14-3)8-4-5-9(12)10(13)6-8/h4-6H,1,13H2,2-3H3/b14-11-. The Morgan fingerprint density at radius 2 is 2.20 bits per heavy atom. The van der Waals surface area contributed by atoms with E-state index in [-0.39, 0.29) is 5.69 Å². The van der Waals surface area contributed by atoms with E-state index in [9.17, 15) is 4.39 Å². The number of halogens is 1. The van der Waals surface area contributed by atoms with Crippen LogP contribution in [0.5, 0.6) is 0 Å². The molecule has 4 heteroatoms. The lowest BCUT2D eigenvalue weighted by Crippen LogP contribution is -2.06. The number of aliphatic imine (C=N–C) groups is 1. The number of nitrogens with zero attached hydrogens (tertiary/aromatic N) is 1. The topological polar surface area (TPSA) is 47.6 Å². The zero-order chi connectivity index (χ0) is 11.4. The summed E-state index contributed by atoms with van der Waals surface area (Å²) in [6.07, 6.45) is 0. The van der Waals surface area contributed by atoms with Crippen LogP contribution in [0.2, 0.25) is 0 Å². The summed E-state index contributed by atoms with van der Waals surface area (Å²) in [6.45, 7) is 5.31. The van der Waals surface area contributed by atoms with Crippen LogP contribution in [0.3, 0.4) is 0 Å². The smallest absolute Gasteiger partial charge is 0.221 e. The Balaban J connectivity index is 3.03. The van der Waals surface area contributed by atoms with Crippen LogP contribution in [0.25, 0.3) is 0 Å². The van der Waals surface area contributed by atoms with Crippen molar-refractivity contribution in [2.75, 3.05) is 12.8 Å². The number of allylic oxidation sites excluding steroid dienone is 1. The first-order valence-electron chi connectivity index (χ1n) is 4.40. The first-order valence-corrected chi connectivity index (χ1v) is 4.40. The molecule has 1 aromatic rings. The van der Waals surface area contributed by atoms with Gasteiger partial charge in [0.1, 0.15) is 5.82 Å². The average molecular weight is 208 g/mol. The Morgan fingerprint density at radius 3 is 2.67 bits per heavy atom. The summed E-state index contributed by atoms with van der Waals surface area (Å²) < 4.78 is 18.2. The van der Waals surface area contributed by atoms with Crippen molar-refractivity contribution in [1.29, 1.82) is 0 Å². The minimum absolute atomic E-state index is 0.0685. The molecule has 0 spiro atoms. The minimum atomic E-state index is -0.454. The number of ether oxygens (including phenoxy) is 1. The van der Waals surface area contributed by atoms with Crippen molar-refractivity contribution in [3.05, 3.63) is 41.9 Å². The molecule has 3 nitrogen and oxygen atoms in total. The maximum atomic E-state index is 12.9. The molecule has 0 heterocycles. The highest BCUT2D eigenvalue weighted by Crippen LogP contribution is 2.14. The number of rotatable bonds is 2. The van der Waals surface area contributed by atoms with Crippen molar-refractivity contribution < 1.29 is 9.13 Å². The van der Waals surface area contributed by atoms with Crippen molar-refractivity contribution >= 4 is 11.6 Å². The molecule has 0 atom stereocenters. The van der Waals surface area contributed by atoms with E-state index in [0.717, 1.165) is 0 Å². The maximum Gasteiger partial charge on any atom is 0.221 e. The number of nitrogen functional groups attached to an aromatic ring is 1. The minimum Gasteiger partial charge on any atom is -0.444 e. The number of hydrogen-bond donors (Lipinski definition) is 1. The molecule has 80 valence electrons. The van der Waals surface area contributed by atoms with E-state index in [1.165, 1.54) is 12.1 Å². The van der Waals surface area contributed by atoms with Gasteiger partial charge in [-0.3, -0.25) is 4.99 Å². The fraction of sp³-hybridized carbons (Fsp3) is 0.182. The fourth-order valence-corrected chi connectivity index (χ4v) is 1.08. The Hall–Kier alpha value is -1.84. The summed E-state index contributed by atoms with van der Waals surface area (Å²) in [7, 11) is 1.58. The van der Waals surface area contributed by atoms with Crippen LogP contribution < -0.4 is 5.73 Å². The van der Waals surface area contributed by atoms with E-state index in [0.29, 0.717) is 17.2 Å². The van der Waals surface area contributed by atoms with E-state index in [1.54, 1.807) is 20.0 Å². The third-order valence-corrected chi connectivity index (χ3v) is 1.72. The van der Waals surface area contributed by atoms with Gasteiger partial charge in [0, 0.05) is 12.6 Å². The van der Waals surface area contributed by atoms with Crippen LogP contribution in [0, 0.1) is 5.82 Å². The predicted octanol–water partition coefficient (Wildman–Crippen LogP) is 2.33. The first-order chi connectivity index (χ1) is 7.04. The van der Waals surface area contributed by atoms with Gasteiger partial charge < -0.3 is 10.5 Å². The van der Waals surface area contributed by atoms with Gasteiger partial charge in [0.15, 0.2) is 0 Å². The van der Waals surface area contributed by atoms with Crippen LogP contribution in [0.15, 0.2) is 35.5 Å². The second kappa shape index (κ2) is 4.59. The molecule has 0 aliphatic carbocycles. The third-order valence-electron chi connectivity index (χ3n) is 1.72. The van der Waals surface area contributed by atoms with Crippen LogP contribution in [0.4, 0.5) is 10.1 Å². The zero-order valence-electron chi connectivity index (χ0n) is 8.75. The molecular formula is C11H13FN2O. The Labute approximate surface area is 88.1 Å². The Morgan fingerprint density at radius 1 is 1.53 bits per heavy atom. The molecule has 2 N–H and O–H groups in total. The lowest BCUT2D eigenvalue weighted by Gasteiger charge is -2.08. The van der Waals surface area contributed by atoms with E-state index in [4.69, 9.17) is 10.5 Å². The maximum absolute atomic E-state index is 12.9. The highest BCUT2D eigenvalue weighted by molar-refractivity contribution is 5.95. The SMILES string of the molecule is C=C(C)O/C(=N\C)c1ccc(F)c(N)c1. The van der Waals surface area contributed by atoms with Crippen molar-refractivity contribution in [1.82, 2.24) is 0 Å². The number of anilines is 1. The Kier molecular flexibility index (Phi) is 3.44. The van der Waals surface area contributed by atoms with Crippen molar-refractivity contribution in [3.63, 3.8) is 0 Å². The number of benzene rings is 1. The second-order valence-corrected chi connectivity index (χ2v) is 3.07. The molecule has 0 aliphatic rings. The van der Waals surface area contributed by atoms with Crippen LogP contribution in [-0.4, -0.2) is 12.9 Å². The molecule has 0 amide bonds. The van der Waals surface area contributed by atoms with Gasteiger partial charge in [-0.15, -0.1) is 0 Å². The van der Waals surface area contributed by atoms with Gasteiger partial charge in [0.25, 0.3) is 0 Å². The van der Waals surface area contributed by atoms with Crippen molar-refractivity contribution in [2.45, 2.75) is 6.92 Å². The molecule has 15 heavy (non-hydrogen) atoms.